The smallest absolute Gasteiger partial charge is 0.240 e. The van der Waals surface area contributed by atoms with Crippen molar-refractivity contribution in [3.8, 4) is 0 Å². The van der Waals surface area contributed by atoms with Crippen molar-refractivity contribution in [2.24, 2.45) is 5.92 Å². The summed E-state index contributed by atoms with van der Waals surface area (Å²) in [6, 6.07) is 4.93. The van der Waals surface area contributed by atoms with Crippen LogP contribution in [0.2, 0.25) is 0 Å². The molecule has 3 N–H and O–H groups in total. The van der Waals surface area contributed by atoms with E-state index in [1.807, 2.05) is 6.92 Å². The van der Waals surface area contributed by atoms with Crippen molar-refractivity contribution in [1.82, 2.24) is 4.72 Å². The maximum absolute atomic E-state index is 12.1. The first kappa shape index (κ1) is 13.4. The fourth-order valence-electron chi connectivity index (χ4n) is 2.16. The van der Waals surface area contributed by atoms with Crippen LogP contribution in [0.4, 0.5) is 5.69 Å². The van der Waals surface area contributed by atoms with Crippen LogP contribution in [0.25, 0.3) is 0 Å². The molecule has 2 unspecified atom stereocenters. The number of hydrogen-bond donors (Lipinski definition) is 2. The van der Waals surface area contributed by atoms with Gasteiger partial charge in [0.05, 0.1) is 4.90 Å². The first-order valence-electron chi connectivity index (χ1n) is 6.32. The molecule has 0 radical (unpaired) electrons. The zero-order chi connectivity index (χ0) is 13.3. The summed E-state index contributed by atoms with van der Waals surface area (Å²) in [5.74, 6) is 0.514. The molecule has 18 heavy (non-hydrogen) atoms. The second-order valence-corrected chi connectivity index (χ2v) is 6.74. The number of rotatable bonds is 5. The molecule has 1 aromatic carbocycles. The van der Waals surface area contributed by atoms with Crippen molar-refractivity contribution in [2.45, 2.75) is 44.0 Å². The molecule has 0 amide bonds. The van der Waals surface area contributed by atoms with Crippen molar-refractivity contribution < 1.29 is 8.42 Å². The van der Waals surface area contributed by atoms with E-state index < -0.39 is 10.0 Å². The molecule has 1 aliphatic rings. The standard InChI is InChI=1S/C13H20N2O2S/c1-3-4-10-8-13(10)15-18(16,17)11-5-6-12(14)9(2)7-11/h5-7,10,13,15H,3-4,8,14H2,1-2H3. The van der Waals surface area contributed by atoms with Crippen molar-refractivity contribution in [2.75, 3.05) is 5.73 Å². The summed E-state index contributed by atoms with van der Waals surface area (Å²) in [5, 5.41) is 0. The van der Waals surface area contributed by atoms with Gasteiger partial charge in [-0.2, -0.15) is 0 Å². The van der Waals surface area contributed by atoms with E-state index in [1.54, 1.807) is 18.2 Å². The lowest BCUT2D eigenvalue weighted by Gasteiger charge is -2.08. The summed E-state index contributed by atoms with van der Waals surface area (Å²) in [6.45, 7) is 3.93. The zero-order valence-corrected chi connectivity index (χ0v) is 11.6. The van der Waals surface area contributed by atoms with Crippen molar-refractivity contribution in [1.29, 1.82) is 0 Å². The van der Waals surface area contributed by atoms with Crippen LogP contribution in [0, 0.1) is 12.8 Å². The lowest BCUT2D eigenvalue weighted by atomic mass is 10.2. The van der Waals surface area contributed by atoms with Gasteiger partial charge in [0, 0.05) is 11.7 Å². The summed E-state index contributed by atoms with van der Waals surface area (Å²) < 4.78 is 27.0. The molecule has 0 aliphatic heterocycles. The van der Waals surface area contributed by atoms with Crippen LogP contribution in [0.1, 0.15) is 31.7 Å². The third-order valence-corrected chi connectivity index (χ3v) is 4.93. The molecule has 100 valence electrons. The van der Waals surface area contributed by atoms with Crippen LogP contribution in [0.5, 0.6) is 0 Å². The van der Waals surface area contributed by atoms with Gasteiger partial charge in [0.2, 0.25) is 10.0 Å². The summed E-state index contributed by atoms with van der Waals surface area (Å²) in [7, 11) is -3.39. The molecule has 1 aromatic rings. The monoisotopic (exact) mass is 268 g/mol. The van der Waals surface area contributed by atoms with Crippen LogP contribution in [0.3, 0.4) is 0 Å². The summed E-state index contributed by atoms with van der Waals surface area (Å²) in [6.07, 6.45) is 3.15. The molecule has 0 bridgehead atoms. The number of sulfonamides is 1. The van der Waals surface area contributed by atoms with Gasteiger partial charge in [-0.25, -0.2) is 13.1 Å². The predicted molar refractivity (Wildman–Crippen MR) is 72.7 cm³/mol. The molecule has 2 atom stereocenters. The number of nitrogens with one attached hydrogen (secondary N) is 1. The molecule has 0 saturated heterocycles. The van der Waals surface area contributed by atoms with E-state index in [0.29, 0.717) is 16.5 Å². The van der Waals surface area contributed by atoms with E-state index in [-0.39, 0.29) is 6.04 Å². The van der Waals surface area contributed by atoms with Crippen LogP contribution in [0.15, 0.2) is 23.1 Å². The molecule has 4 nitrogen and oxygen atoms in total. The van der Waals surface area contributed by atoms with Crippen LogP contribution < -0.4 is 10.5 Å². The van der Waals surface area contributed by atoms with Crippen LogP contribution in [-0.2, 0) is 10.0 Å². The molecule has 1 aliphatic carbocycles. The summed E-state index contributed by atoms with van der Waals surface area (Å²) >= 11 is 0. The highest BCUT2D eigenvalue weighted by molar-refractivity contribution is 7.89. The first-order valence-corrected chi connectivity index (χ1v) is 7.81. The Kier molecular flexibility index (Phi) is 3.64. The van der Waals surface area contributed by atoms with E-state index in [4.69, 9.17) is 5.73 Å². The molecular weight excluding hydrogens is 248 g/mol. The van der Waals surface area contributed by atoms with Crippen molar-refractivity contribution in [3.05, 3.63) is 23.8 Å². The lowest BCUT2D eigenvalue weighted by Crippen LogP contribution is -2.27. The molecule has 2 rings (SSSR count). The van der Waals surface area contributed by atoms with Gasteiger partial charge in [-0.3, -0.25) is 0 Å². The van der Waals surface area contributed by atoms with Gasteiger partial charge in [0.15, 0.2) is 0 Å². The quantitative estimate of drug-likeness (QED) is 0.803. The average Bonchev–Trinajstić information content (AvgIpc) is 3.00. The minimum Gasteiger partial charge on any atom is -0.399 e. The molecule has 0 aromatic heterocycles. The largest absolute Gasteiger partial charge is 0.399 e. The van der Waals surface area contributed by atoms with Crippen molar-refractivity contribution in [3.63, 3.8) is 0 Å². The molecule has 0 heterocycles. The Morgan fingerprint density at radius 1 is 1.44 bits per heavy atom. The number of benzene rings is 1. The van der Waals surface area contributed by atoms with Gasteiger partial charge in [-0.05, 0) is 49.4 Å². The Morgan fingerprint density at radius 2 is 2.17 bits per heavy atom. The zero-order valence-electron chi connectivity index (χ0n) is 10.8. The lowest BCUT2D eigenvalue weighted by molar-refractivity contribution is 0.573. The van der Waals surface area contributed by atoms with Gasteiger partial charge in [-0.1, -0.05) is 13.3 Å². The third-order valence-electron chi connectivity index (χ3n) is 3.44. The molecule has 5 heteroatoms. The van der Waals surface area contributed by atoms with Crippen LogP contribution in [-0.4, -0.2) is 14.5 Å². The maximum atomic E-state index is 12.1. The summed E-state index contributed by atoms with van der Waals surface area (Å²) in [5.41, 5.74) is 7.10. The fourth-order valence-corrected chi connectivity index (χ4v) is 3.57. The van der Waals surface area contributed by atoms with Crippen LogP contribution >= 0.6 is 0 Å². The Balaban J connectivity index is 2.09. The SMILES string of the molecule is CCCC1CC1NS(=O)(=O)c1ccc(N)c(C)c1. The highest BCUT2D eigenvalue weighted by Crippen LogP contribution is 2.35. The summed E-state index contributed by atoms with van der Waals surface area (Å²) in [4.78, 5) is 0.302. The highest BCUT2D eigenvalue weighted by atomic mass is 32.2. The number of anilines is 1. The second kappa shape index (κ2) is 4.90. The first-order chi connectivity index (χ1) is 8.44. The minimum absolute atomic E-state index is 0.118. The minimum atomic E-state index is -3.39. The number of hydrogen-bond acceptors (Lipinski definition) is 3. The third kappa shape index (κ3) is 2.84. The molecule has 1 fully saturated rings. The Morgan fingerprint density at radius 3 is 2.78 bits per heavy atom. The van der Waals surface area contributed by atoms with Gasteiger partial charge in [0.25, 0.3) is 0 Å². The predicted octanol–water partition coefficient (Wildman–Crippen LogP) is 2.04. The van der Waals surface area contributed by atoms with E-state index in [1.165, 1.54) is 0 Å². The van der Waals surface area contributed by atoms with Gasteiger partial charge in [-0.15, -0.1) is 0 Å². The number of aryl methyl sites for hydroxylation is 1. The van der Waals surface area contributed by atoms with Gasteiger partial charge >= 0.3 is 0 Å². The van der Waals surface area contributed by atoms with Crippen molar-refractivity contribution >= 4 is 15.7 Å². The number of nitrogen functional groups attached to an aromatic ring is 1. The van der Waals surface area contributed by atoms with E-state index >= 15 is 0 Å². The van der Waals surface area contributed by atoms with E-state index in [9.17, 15) is 8.42 Å². The topological polar surface area (TPSA) is 72.2 Å². The van der Waals surface area contributed by atoms with E-state index in [0.717, 1.165) is 24.8 Å². The highest BCUT2D eigenvalue weighted by Gasteiger charge is 2.39. The molecular formula is C13H20N2O2S. The fraction of sp³-hybridized carbons (Fsp3) is 0.538. The molecule has 1 saturated carbocycles. The Bertz CT molecular complexity index is 540. The molecule has 0 spiro atoms. The van der Waals surface area contributed by atoms with Gasteiger partial charge < -0.3 is 5.73 Å². The maximum Gasteiger partial charge on any atom is 0.240 e. The number of nitrogens with two attached hydrogens (primary N) is 1. The van der Waals surface area contributed by atoms with Gasteiger partial charge in [0.1, 0.15) is 0 Å². The Labute approximate surface area is 109 Å². The second-order valence-electron chi connectivity index (χ2n) is 5.03. The average molecular weight is 268 g/mol. The normalized spacial score (nSPS) is 23.0. The Hall–Kier alpha value is -1.07. The van der Waals surface area contributed by atoms with E-state index in [2.05, 4.69) is 11.6 Å².